The molecule has 0 bridgehead atoms. The summed E-state index contributed by atoms with van der Waals surface area (Å²) in [4.78, 5) is 22.8. The van der Waals surface area contributed by atoms with Crippen molar-refractivity contribution < 1.29 is 9.72 Å². The number of nitro benzene ring substituents is 1. The Labute approximate surface area is 124 Å². The van der Waals surface area contributed by atoms with Gasteiger partial charge in [-0.3, -0.25) is 14.9 Å². The monoisotopic (exact) mass is 341 g/mol. The molecule has 0 spiro atoms. The van der Waals surface area contributed by atoms with Gasteiger partial charge in [-0.05, 0) is 40.9 Å². The van der Waals surface area contributed by atoms with Crippen molar-refractivity contribution in [3.8, 4) is 0 Å². The van der Waals surface area contributed by atoms with E-state index in [1.807, 2.05) is 0 Å². The van der Waals surface area contributed by atoms with Crippen molar-refractivity contribution in [1.29, 1.82) is 0 Å². The highest BCUT2D eigenvalue weighted by Gasteiger charge is 2.42. The van der Waals surface area contributed by atoms with Crippen molar-refractivity contribution >= 4 is 27.4 Å². The minimum atomic E-state index is -1.08. The summed E-state index contributed by atoms with van der Waals surface area (Å²) in [7, 11) is 0. The van der Waals surface area contributed by atoms with E-state index >= 15 is 0 Å². The molecule has 1 aromatic rings. The number of nitro groups is 1. The predicted octanol–water partition coefficient (Wildman–Crippen LogP) is 2.14. The number of benzene rings is 1. The van der Waals surface area contributed by atoms with Crippen LogP contribution in [0, 0.1) is 10.1 Å². The molecular weight excluding hydrogens is 326 g/mol. The summed E-state index contributed by atoms with van der Waals surface area (Å²) in [6.45, 7) is 0. The van der Waals surface area contributed by atoms with Crippen LogP contribution in [0.4, 0.5) is 5.69 Å². The molecule has 108 valence electrons. The Kier molecular flexibility index (Phi) is 4.22. The summed E-state index contributed by atoms with van der Waals surface area (Å²) < 4.78 is 0.265. The number of halogens is 1. The van der Waals surface area contributed by atoms with Crippen molar-refractivity contribution in [2.45, 2.75) is 37.3 Å². The molecule has 1 aliphatic carbocycles. The van der Waals surface area contributed by atoms with E-state index in [1.54, 1.807) is 0 Å². The predicted molar refractivity (Wildman–Crippen MR) is 78.5 cm³/mol. The normalized spacial score (nSPS) is 26.2. The summed E-state index contributed by atoms with van der Waals surface area (Å²) in [5, 5.41) is 10.8. The number of nitrogens with two attached hydrogens (primary N) is 2. The summed E-state index contributed by atoms with van der Waals surface area (Å²) >= 11 is 3.11. The second-order valence-corrected chi connectivity index (χ2v) is 6.00. The van der Waals surface area contributed by atoms with E-state index in [-0.39, 0.29) is 22.0 Å². The highest BCUT2D eigenvalue weighted by molar-refractivity contribution is 9.10. The summed E-state index contributed by atoms with van der Waals surface area (Å²) in [6, 6.07) is 3.80. The molecule has 2 unspecified atom stereocenters. The van der Waals surface area contributed by atoms with E-state index < -0.39 is 10.5 Å². The quantitative estimate of drug-likeness (QED) is 0.496. The number of Topliss-reactive ketones (excluding diaryl/α,β-unsaturated/α-hetero) is 1. The van der Waals surface area contributed by atoms with Crippen LogP contribution in [0.1, 0.15) is 36.0 Å². The fraction of sp³-hybridized carbons (Fsp3) is 0.462. The van der Waals surface area contributed by atoms with E-state index in [1.165, 1.54) is 18.2 Å². The molecule has 0 radical (unpaired) electrons. The van der Waals surface area contributed by atoms with E-state index in [0.717, 1.165) is 19.3 Å². The molecule has 2 atom stereocenters. The molecule has 6 nitrogen and oxygen atoms in total. The zero-order valence-electron chi connectivity index (χ0n) is 10.8. The lowest BCUT2D eigenvalue weighted by atomic mass is 9.74. The van der Waals surface area contributed by atoms with Gasteiger partial charge in [-0.25, -0.2) is 0 Å². The number of ketones is 1. The Hall–Kier alpha value is -1.31. The van der Waals surface area contributed by atoms with Crippen LogP contribution in [0.25, 0.3) is 0 Å². The molecular formula is C13H16BrN3O3. The molecule has 1 aliphatic rings. The molecule has 0 aromatic heterocycles. The standard InChI is InChI=1S/C13H16BrN3O3/c14-9-7-8(4-5-10(9)17(19)20)12(18)13(16)6-2-1-3-11(13)15/h4-5,7,11H,1-3,6,15-16H2. The summed E-state index contributed by atoms with van der Waals surface area (Å²) in [5.74, 6) is -0.250. The topological polar surface area (TPSA) is 112 Å². The lowest BCUT2D eigenvalue weighted by molar-refractivity contribution is -0.385. The Morgan fingerprint density at radius 3 is 2.70 bits per heavy atom. The zero-order chi connectivity index (χ0) is 14.9. The molecule has 0 aliphatic heterocycles. The number of rotatable bonds is 3. The minimum absolute atomic E-state index is 0.0828. The van der Waals surface area contributed by atoms with Crippen molar-refractivity contribution in [2.75, 3.05) is 0 Å². The van der Waals surface area contributed by atoms with Crippen molar-refractivity contribution in [1.82, 2.24) is 0 Å². The molecule has 1 aromatic carbocycles. The van der Waals surface area contributed by atoms with Gasteiger partial charge in [0.2, 0.25) is 0 Å². The van der Waals surface area contributed by atoms with E-state index in [4.69, 9.17) is 11.5 Å². The van der Waals surface area contributed by atoms with Gasteiger partial charge in [-0.2, -0.15) is 0 Å². The first-order chi connectivity index (χ1) is 9.36. The highest BCUT2D eigenvalue weighted by atomic mass is 79.9. The molecule has 0 heterocycles. The van der Waals surface area contributed by atoms with Gasteiger partial charge in [0.05, 0.1) is 14.9 Å². The summed E-state index contributed by atoms with van der Waals surface area (Å²) in [5.41, 5.74) is 11.4. The highest BCUT2D eigenvalue weighted by Crippen LogP contribution is 2.31. The molecule has 20 heavy (non-hydrogen) atoms. The van der Waals surface area contributed by atoms with Gasteiger partial charge in [0, 0.05) is 17.7 Å². The van der Waals surface area contributed by atoms with E-state index in [9.17, 15) is 14.9 Å². The number of carbonyl (C=O) groups excluding carboxylic acids is 1. The van der Waals surface area contributed by atoms with E-state index in [2.05, 4.69) is 15.9 Å². The van der Waals surface area contributed by atoms with Crippen LogP contribution in [-0.4, -0.2) is 22.3 Å². The van der Waals surface area contributed by atoms with Crippen LogP contribution in [0.3, 0.4) is 0 Å². The van der Waals surface area contributed by atoms with Crippen LogP contribution in [-0.2, 0) is 0 Å². The zero-order valence-corrected chi connectivity index (χ0v) is 12.4. The van der Waals surface area contributed by atoms with Gasteiger partial charge in [0.15, 0.2) is 5.78 Å². The smallest absolute Gasteiger partial charge is 0.283 e. The second kappa shape index (κ2) is 5.59. The van der Waals surface area contributed by atoms with Gasteiger partial charge in [-0.15, -0.1) is 0 Å². The van der Waals surface area contributed by atoms with Crippen LogP contribution in [0.5, 0.6) is 0 Å². The summed E-state index contributed by atoms with van der Waals surface area (Å²) in [6.07, 6.45) is 3.10. The molecule has 2 rings (SSSR count). The third-order valence-corrected chi connectivity index (χ3v) is 4.48. The first-order valence-electron chi connectivity index (χ1n) is 6.39. The Bertz CT molecular complexity index is 564. The maximum atomic E-state index is 12.6. The average Bonchev–Trinajstić information content (AvgIpc) is 2.40. The van der Waals surface area contributed by atoms with Crippen molar-refractivity contribution in [3.05, 3.63) is 38.3 Å². The average molecular weight is 342 g/mol. The Morgan fingerprint density at radius 2 is 2.15 bits per heavy atom. The van der Waals surface area contributed by atoms with Gasteiger partial charge in [0.25, 0.3) is 5.69 Å². The van der Waals surface area contributed by atoms with Gasteiger partial charge < -0.3 is 11.5 Å². The van der Waals surface area contributed by atoms with Crippen molar-refractivity contribution in [2.24, 2.45) is 11.5 Å². The molecule has 4 N–H and O–H groups in total. The fourth-order valence-corrected chi connectivity index (χ4v) is 3.10. The largest absolute Gasteiger partial charge is 0.326 e. The minimum Gasteiger partial charge on any atom is -0.326 e. The molecule has 0 saturated heterocycles. The maximum absolute atomic E-state index is 12.6. The van der Waals surface area contributed by atoms with Crippen LogP contribution in [0.15, 0.2) is 22.7 Å². The lowest BCUT2D eigenvalue weighted by Gasteiger charge is -2.37. The first kappa shape index (κ1) is 15.1. The third-order valence-electron chi connectivity index (χ3n) is 3.85. The Morgan fingerprint density at radius 1 is 1.45 bits per heavy atom. The van der Waals surface area contributed by atoms with Gasteiger partial charge >= 0.3 is 0 Å². The van der Waals surface area contributed by atoms with Gasteiger partial charge in [0.1, 0.15) is 0 Å². The number of hydrogen-bond acceptors (Lipinski definition) is 5. The first-order valence-corrected chi connectivity index (χ1v) is 7.19. The number of hydrogen-bond donors (Lipinski definition) is 2. The van der Waals surface area contributed by atoms with E-state index in [0.29, 0.717) is 12.0 Å². The third kappa shape index (κ3) is 2.61. The molecule has 1 saturated carbocycles. The molecule has 7 heteroatoms. The molecule has 0 amide bonds. The van der Waals surface area contributed by atoms with Crippen LogP contribution >= 0.6 is 15.9 Å². The SMILES string of the molecule is NC1CCCCC1(N)C(=O)c1ccc([N+](=O)[O-])c(Br)c1. The lowest BCUT2D eigenvalue weighted by Crippen LogP contribution is -2.62. The van der Waals surface area contributed by atoms with Crippen LogP contribution < -0.4 is 11.5 Å². The number of nitrogens with zero attached hydrogens (tertiary/aromatic N) is 1. The molecule has 1 fully saturated rings. The number of carbonyl (C=O) groups is 1. The second-order valence-electron chi connectivity index (χ2n) is 5.15. The maximum Gasteiger partial charge on any atom is 0.283 e. The van der Waals surface area contributed by atoms with Gasteiger partial charge in [-0.1, -0.05) is 12.8 Å². The van der Waals surface area contributed by atoms with Crippen molar-refractivity contribution in [3.63, 3.8) is 0 Å². The Balaban J connectivity index is 2.34. The fourth-order valence-electron chi connectivity index (χ4n) is 2.57. The van der Waals surface area contributed by atoms with Crippen LogP contribution in [0.2, 0.25) is 0 Å².